The molecular weight excluding hydrogens is 324 g/mol. The normalized spacial score (nSPS) is 23.7. The summed E-state index contributed by atoms with van der Waals surface area (Å²) in [5.41, 5.74) is 1.86. The Balaban J connectivity index is 1.60. The molecule has 0 unspecified atom stereocenters. The first-order valence-electron chi connectivity index (χ1n) is 8.81. The summed E-state index contributed by atoms with van der Waals surface area (Å²) in [6, 6.07) is 4.22. The number of ether oxygens (including phenoxy) is 5. The standard InChI is InChI=1S/C18H24N2O5/c1-21-11-14-4-2-5-20(14)19-10-13-8-16-17(25-12-24-16)9-15(13)18-22-6-3-7-23-18/h8-10,14,18H,2-7,11-12H2,1H3/b19-10+/t14-/m0/s1. The van der Waals surface area contributed by atoms with Crippen molar-refractivity contribution >= 4 is 6.21 Å². The molecule has 7 heteroatoms. The van der Waals surface area contributed by atoms with Crippen LogP contribution in [0.4, 0.5) is 0 Å². The molecule has 0 N–H and O–H groups in total. The van der Waals surface area contributed by atoms with Crippen LogP contribution in [0.25, 0.3) is 0 Å². The third-order valence-corrected chi connectivity index (χ3v) is 4.71. The first-order chi connectivity index (χ1) is 12.3. The van der Waals surface area contributed by atoms with Gasteiger partial charge in [-0.2, -0.15) is 5.10 Å². The number of methoxy groups -OCH3 is 1. The Kier molecular flexibility index (Phi) is 5.05. The molecule has 25 heavy (non-hydrogen) atoms. The monoisotopic (exact) mass is 348 g/mol. The van der Waals surface area contributed by atoms with Gasteiger partial charge in [0.1, 0.15) is 0 Å². The maximum Gasteiger partial charge on any atom is 0.231 e. The summed E-state index contributed by atoms with van der Waals surface area (Å²) in [5, 5.41) is 6.79. The molecule has 4 rings (SSSR count). The zero-order valence-corrected chi connectivity index (χ0v) is 14.5. The van der Waals surface area contributed by atoms with E-state index in [1.165, 1.54) is 0 Å². The van der Waals surface area contributed by atoms with Gasteiger partial charge >= 0.3 is 0 Å². The van der Waals surface area contributed by atoms with Crippen molar-refractivity contribution in [2.75, 3.05) is 40.3 Å². The molecule has 0 bridgehead atoms. The van der Waals surface area contributed by atoms with E-state index in [1.807, 2.05) is 18.3 Å². The average molecular weight is 348 g/mol. The molecule has 136 valence electrons. The van der Waals surface area contributed by atoms with Crippen molar-refractivity contribution in [1.82, 2.24) is 5.01 Å². The minimum Gasteiger partial charge on any atom is -0.454 e. The Morgan fingerprint density at radius 1 is 1.20 bits per heavy atom. The summed E-state index contributed by atoms with van der Waals surface area (Å²) in [5.74, 6) is 1.46. The van der Waals surface area contributed by atoms with Crippen molar-refractivity contribution in [2.45, 2.75) is 31.6 Å². The Hall–Kier alpha value is -1.83. The van der Waals surface area contributed by atoms with E-state index in [2.05, 4.69) is 5.01 Å². The number of rotatable bonds is 5. The second-order valence-corrected chi connectivity index (χ2v) is 6.42. The summed E-state index contributed by atoms with van der Waals surface area (Å²) in [4.78, 5) is 0. The van der Waals surface area contributed by atoms with E-state index in [-0.39, 0.29) is 6.79 Å². The SMILES string of the molecule is COC[C@@H]1CCCN1/N=C/c1cc2c(cc1C1OCCCO1)OCO2. The number of benzene rings is 1. The van der Waals surface area contributed by atoms with Crippen LogP contribution in [0.2, 0.25) is 0 Å². The molecule has 3 aliphatic rings. The van der Waals surface area contributed by atoms with E-state index in [0.29, 0.717) is 25.9 Å². The van der Waals surface area contributed by atoms with Gasteiger partial charge in [0, 0.05) is 24.8 Å². The van der Waals surface area contributed by atoms with Crippen molar-refractivity contribution < 1.29 is 23.7 Å². The molecule has 0 aliphatic carbocycles. The van der Waals surface area contributed by atoms with Gasteiger partial charge in [0.05, 0.1) is 32.1 Å². The number of fused-ring (bicyclic) bond motifs is 1. The zero-order valence-electron chi connectivity index (χ0n) is 14.5. The third-order valence-electron chi connectivity index (χ3n) is 4.71. The van der Waals surface area contributed by atoms with E-state index in [0.717, 1.165) is 48.4 Å². The van der Waals surface area contributed by atoms with Crippen LogP contribution in [0.5, 0.6) is 11.5 Å². The molecule has 1 aromatic rings. The fourth-order valence-electron chi connectivity index (χ4n) is 3.43. The number of hydrogen-bond acceptors (Lipinski definition) is 7. The smallest absolute Gasteiger partial charge is 0.231 e. The van der Waals surface area contributed by atoms with Gasteiger partial charge in [0.15, 0.2) is 17.8 Å². The largest absolute Gasteiger partial charge is 0.454 e. The summed E-state index contributed by atoms with van der Waals surface area (Å²) in [6.45, 7) is 3.26. The number of hydrogen-bond donors (Lipinski definition) is 0. The van der Waals surface area contributed by atoms with Crippen molar-refractivity contribution in [3.63, 3.8) is 0 Å². The molecule has 0 saturated carbocycles. The Bertz CT molecular complexity index is 630. The Morgan fingerprint density at radius 3 is 2.80 bits per heavy atom. The lowest BCUT2D eigenvalue weighted by Crippen LogP contribution is -2.28. The molecule has 1 aromatic carbocycles. The molecular formula is C18H24N2O5. The van der Waals surface area contributed by atoms with E-state index in [4.69, 9.17) is 28.8 Å². The maximum atomic E-state index is 5.78. The highest BCUT2D eigenvalue weighted by Gasteiger charge is 2.26. The van der Waals surface area contributed by atoms with E-state index < -0.39 is 6.29 Å². The molecule has 3 aliphatic heterocycles. The summed E-state index contributed by atoms with van der Waals surface area (Å²) < 4.78 is 27.9. The quantitative estimate of drug-likeness (QED) is 0.761. The lowest BCUT2D eigenvalue weighted by Gasteiger charge is -2.25. The van der Waals surface area contributed by atoms with Gasteiger partial charge < -0.3 is 23.7 Å². The molecule has 0 aromatic heterocycles. The van der Waals surface area contributed by atoms with Crippen molar-refractivity contribution in [3.8, 4) is 11.5 Å². The van der Waals surface area contributed by atoms with Crippen LogP contribution in [0.1, 0.15) is 36.7 Å². The average Bonchev–Trinajstić information content (AvgIpc) is 3.29. The fraction of sp³-hybridized carbons (Fsp3) is 0.611. The zero-order chi connectivity index (χ0) is 17.1. The van der Waals surface area contributed by atoms with Gasteiger partial charge in [-0.15, -0.1) is 0 Å². The lowest BCUT2D eigenvalue weighted by atomic mass is 10.1. The van der Waals surface area contributed by atoms with Crippen LogP contribution in [0.3, 0.4) is 0 Å². The van der Waals surface area contributed by atoms with Crippen LogP contribution < -0.4 is 9.47 Å². The van der Waals surface area contributed by atoms with Gasteiger partial charge in [-0.05, 0) is 31.4 Å². The molecule has 2 saturated heterocycles. The second-order valence-electron chi connectivity index (χ2n) is 6.42. The number of nitrogens with zero attached hydrogens (tertiary/aromatic N) is 2. The van der Waals surface area contributed by atoms with Crippen LogP contribution in [0, 0.1) is 0 Å². The van der Waals surface area contributed by atoms with Crippen molar-refractivity contribution in [1.29, 1.82) is 0 Å². The van der Waals surface area contributed by atoms with Crippen LogP contribution in [-0.4, -0.2) is 57.5 Å². The molecule has 0 spiro atoms. The maximum absolute atomic E-state index is 5.78. The molecule has 0 radical (unpaired) electrons. The van der Waals surface area contributed by atoms with Crippen molar-refractivity contribution in [2.24, 2.45) is 5.10 Å². The highest BCUT2D eigenvalue weighted by atomic mass is 16.7. The highest BCUT2D eigenvalue weighted by molar-refractivity contribution is 5.83. The number of hydrazone groups is 1. The topological polar surface area (TPSA) is 61.8 Å². The van der Waals surface area contributed by atoms with Crippen LogP contribution >= 0.6 is 0 Å². The first kappa shape index (κ1) is 16.6. The predicted octanol–water partition coefficient (Wildman–Crippen LogP) is 2.30. The van der Waals surface area contributed by atoms with Crippen molar-refractivity contribution in [3.05, 3.63) is 23.3 Å². The lowest BCUT2D eigenvalue weighted by molar-refractivity contribution is -0.183. The summed E-state index contributed by atoms with van der Waals surface area (Å²) in [6.07, 6.45) is 4.63. The molecule has 7 nitrogen and oxygen atoms in total. The van der Waals surface area contributed by atoms with E-state index in [1.54, 1.807) is 7.11 Å². The minimum absolute atomic E-state index is 0.240. The Morgan fingerprint density at radius 2 is 2.00 bits per heavy atom. The van der Waals surface area contributed by atoms with Crippen LogP contribution in [-0.2, 0) is 14.2 Å². The van der Waals surface area contributed by atoms with Gasteiger partial charge in [-0.3, -0.25) is 5.01 Å². The van der Waals surface area contributed by atoms with Gasteiger partial charge in [-0.25, -0.2) is 0 Å². The highest BCUT2D eigenvalue weighted by Crippen LogP contribution is 2.38. The first-order valence-corrected chi connectivity index (χ1v) is 8.81. The van der Waals surface area contributed by atoms with Gasteiger partial charge in [0.2, 0.25) is 6.79 Å². The summed E-state index contributed by atoms with van der Waals surface area (Å²) >= 11 is 0. The van der Waals surface area contributed by atoms with Gasteiger partial charge in [-0.1, -0.05) is 0 Å². The predicted molar refractivity (Wildman–Crippen MR) is 91.0 cm³/mol. The Labute approximate surface area is 147 Å². The molecule has 2 fully saturated rings. The summed E-state index contributed by atoms with van der Waals surface area (Å²) in [7, 11) is 1.73. The van der Waals surface area contributed by atoms with E-state index >= 15 is 0 Å². The minimum atomic E-state index is -0.391. The van der Waals surface area contributed by atoms with Gasteiger partial charge in [0.25, 0.3) is 0 Å². The second kappa shape index (κ2) is 7.59. The molecule has 1 atom stereocenters. The third kappa shape index (κ3) is 3.58. The van der Waals surface area contributed by atoms with E-state index in [9.17, 15) is 0 Å². The van der Waals surface area contributed by atoms with Crippen LogP contribution in [0.15, 0.2) is 17.2 Å². The molecule has 0 amide bonds. The molecule has 3 heterocycles. The fourth-order valence-corrected chi connectivity index (χ4v) is 3.43.